The molecule has 0 N–H and O–H groups in total. The van der Waals surface area contributed by atoms with E-state index in [2.05, 4.69) is 4.74 Å². The van der Waals surface area contributed by atoms with Crippen molar-refractivity contribution in [1.29, 1.82) is 0 Å². The molecule has 0 saturated carbocycles. The molecule has 0 aliphatic heterocycles. The third kappa shape index (κ3) is 4.41. The lowest BCUT2D eigenvalue weighted by Gasteiger charge is -2.14. The maximum Gasteiger partial charge on any atom is 0.450 e. The van der Waals surface area contributed by atoms with E-state index < -0.39 is 36.1 Å². The summed E-state index contributed by atoms with van der Waals surface area (Å²) < 4.78 is 40.6. The van der Waals surface area contributed by atoms with Gasteiger partial charge >= 0.3 is 12.1 Å². The van der Waals surface area contributed by atoms with Crippen molar-refractivity contribution < 1.29 is 32.3 Å². The Kier molecular flexibility index (Phi) is 5.13. The van der Waals surface area contributed by atoms with Gasteiger partial charge in [-0.3, -0.25) is 14.4 Å². The molecule has 0 saturated heterocycles. The lowest BCUT2D eigenvalue weighted by Crippen LogP contribution is -2.37. The molecule has 0 radical (unpaired) electrons. The smallest absolute Gasteiger partial charge is 0.450 e. The van der Waals surface area contributed by atoms with Gasteiger partial charge in [-0.15, -0.1) is 0 Å². The molecule has 1 atom stereocenters. The number of hydrogen-bond donors (Lipinski definition) is 0. The van der Waals surface area contributed by atoms with Crippen molar-refractivity contribution in [2.75, 3.05) is 6.61 Å². The van der Waals surface area contributed by atoms with Gasteiger partial charge in [0.2, 0.25) is 0 Å². The van der Waals surface area contributed by atoms with Crippen LogP contribution in [0, 0.1) is 5.92 Å². The number of alkyl halides is 3. The van der Waals surface area contributed by atoms with Gasteiger partial charge in [0.25, 0.3) is 5.78 Å². The van der Waals surface area contributed by atoms with Gasteiger partial charge in [0, 0.05) is 6.42 Å². The zero-order valence-electron chi connectivity index (χ0n) is 8.76. The predicted octanol–water partition coefficient (Wildman–Crippen LogP) is 1.28. The topological polar surface area (TPSA) is 60.4 Å². The van der Waals surface area contributed by atoms with E-state index in [9.17, 15) is 27.6 Å². The minimum absolute atomic E-state index is 0.154. The molecular formula is C9H11F3O4. The molecule has 16 heavy (non-hydrogen) atoms. The molecule has 0 aromatic rings. The summed E-state index contributed by atoms with van der Waals surface area (Å²) in [6.07, 6.45) is -5.94. The lowest BCUT2D eigenvalue weighted by atomic mass is 9.98. The summed E-state index contributed by atoms with van der Waals surface area (Å²) in [5.41, 5.74) is 0. The summed E-state index contributed by atoms with van der Waals surface area (Å²) in [6, 6.07) is 0. The van der Waals surface area contributed by atoms with Gasteiger partial charge in [0.05, 0.1) is 6.61 Å². The number of ketones is 2. The molecule has 0 amide bonds. The number of Topliss-reactive ketones (excluding diaryl/α,β-unsaturated/α-hetero) is 2. The van der Waals surface area contributed by atoms with E-state index in [-0.39, 0.29) is 6.61 Å². The van der Waals surface area contributed by atoms with E-state index in [0.717, 1.165) is 6.92 Å². The highest BCUT2D eigenvalue weighted by atomic mass is 19.4. The summed E-state index contributed by atoms with van der Waals surface area (Å²) in [5, 5.41) is 0. The monoisotopic (exact) mass is 240 g/mol. The van der Waals surface area contributed by atoms with Crippen LogP contribution in [0.1, 0.15) is 20.3 Å². The fraction of sp³-hybridized carbons (Fsp3) is 0.667. The molecule has 0 heterocycles. The SMILES string of the molecule is CCOC(=O)[C@@H](CC(C)=O)C(=O)C(F)(F)F. The Labute approximate surface area is 89.8 Å². The normalized spacial score (nSPS) is 13.1. The van der Waals surface area contributed by atoms with Crippen LogP contribution in [0.5, 0.6) is 0 Å². The largest absolute Gasteiger partial charge is 0.465 e. The second-order valence-electron chi connectivity index (χ2n) is 3.07. The number of carbonyl (C=O) groups excluding carboxylic acids is 3. The highest BCUT2D eigenvalue weighted by molar-refractivity contribution is 6.04. The second-order valence-corrected chi connectivity index (χ2v) is 3.07. The highest BCUT2D eigenvalue weighted by Crippen LogP contribution is 2.24. The number of carbonyl (C=O) groups is 3. The Morgan fingerprint density at radius 3 is 2.06 bits per heavy atom. The average molecular weight is 240 g/mol. The Morgan fingerprint density at radius 1 is 1.25 bits per heavy atom. The molecular weight excluding hydrogens is 229 g/mol. The molecule has 0 spiro atoms. The number of halogens is 3. The van der Waals surface area contributed by atoms with Crippen LogP contribution < -0.4 is 0 Å². The molecule has 0 aliphatic rings. The second kappa shape index (κ2) is 5.62. The maximum absolute atomic E-state index is 12.1. The van der Waals surface area contributed by atoms with Crippen LogP contribution in [0.3, 0.4) is 0 Å². The Morgan fingerprint density at radius 2 is 1.75 bits per heavy atom. The number of ether oxygens (including phenoxy) is 1. The van der Waals surface area contributed by atoms with Gasteiger partial charge in [-0.25, -0.2) is 0 Å². The quantitative estimate of drug-likeness (QED) is 0.536. The first-order chi connectivity index (χ1) is 7.20. The first-order valence-electron chi connectivity index (χ1n) is 4.47. The lowest BCUT2D eigenvalue weighted by molar-refractivity contribution is -0.181. The Bertz CT molecular complexity index is 296. The highest BCUT2D eigenvalue weighted by Gasteiger charge is 2.47. The van der Waals surface area contributed by atoms with E-state index in [4.69, 9.17) is 0 Å². The van der Waals surface area contributed by atoms with Crippen molar-refractivity contribution in [3.8, 4) is 0 Å². The third-order valence-corrected chi connectivity index (χ3v) is 1.66. The van der Waals surface area contributed by atoms with E-state index in [1.807, 2.05) is 0 Å². The van der Waals surface area contributed by atoms with Crippen LogP contribution in [0.15, 0.2) is 0 Å². The molecule has 0 bridgehead atoms. The van der Waals surface area contributed by atoms with Crippen LogP contribution in [-0.4, -0.2) is 30.3 Å². The molecule has 0 rings (SSSR count). The predicted molar refractivity (Wildman–Crippen MR) is 46.5 cm³/mol. The molecule has 0 aromatic heterocycles. The molecule has 0 unspecified atom stereocenters. The van der Waals surface area contributed by atoms with E-state index >= 15 is 0 Å². The average Bonchev–Trinajstić information content (AvgIpc) is 2.11. The van der Waals surface area contributed by atoms with Gasteiger partial charge in [0.15, 0.2) is 0 Å². The molecule has 0 aromatic carbocycles. The van der Waals surface area contributed by atoms with Crippen molar-refractivity contribution in [3.63, 3.8) is 0 Å². The standard InChI is InChI=1S/C9H11F3O4/c1-3-16-8(15)6(4-5(2)13)7(14)9(10,11)12/h6H,3-4H2,1-2H3/t6-/m0/s1. The van der Waals surface area contributed by atoms with Crippen molar-refractivity contribution in [3.05, 3.63) is 0 Å². The summed E-state index contributed by atoms with van der Waals surface area (Å²) in [4.78, 5) is 32.6. The van der Waals surface area contributed by atoms with Gasteiger partial charge < -0.3 is 4.74 Å². The molecule has 92 valence electrons. The van der Waals surface area contributed by atoms with Crippen molar-refractivity contribution in [2.24, 2.45) is 5.92 Å². The molecule has 4 nitrogen and oxygen atoms in total. The van der Waals surface area contributed by atoms with Gasteiger partial charge in [-0.05, 0) is 13.8 Å². The molecule has 0 aliphatic carbocycles. The fourth-order valence-corrected chi connectivity index (χ4v) is 1.01. The minimum atomic E-state index is -5.15. The summed E-state index contributed by atoms with van der Waals surface area (Å²) in [7, 11) is 0. The van der Waals surface area contributed by atoms with Gasteiger partial charge in [0.1, 0.15) is 11.7 Å². The first-order valence-corrected chi connectivity index (χ1v) is 4.47. The van der Waals surface area contributed by atoms with Crippen LogP contribution >= 0.6 is 0 Å². The van der Waals surface area contributed by atoms with E-state index in [1.165, 1.54) is 6.92 Å². The number of rotatable bonds is 5. The number of esters is 1. The maximum atomic E-state index is 12.1. The molecule has 0 fully saturated rings. The Hall–Kier alpha value is -1.40. The third-order valence-electron chi connectivity index (χ3n) is 1.66. The van der Waals surface area contributed by atoms with Crippen molar-refractivity contribution in [2.45, 2.75) is 26.4 Å². The van der Waals surface area contributed by atoms with Crippen LogP contribution in [-0.2, 0) is 19.1 Å². The summed E-state index contributed by atoms with van der Waals surface area (Å²) >= 11 is 0. The van der Waals surface area contributed by atoms with Crippen LogP contribution in [0.4, 0.5) is 13.2 Å². The Balaban J connectivity index is 4.87. The summed E-state index contributed by atoms with van der Waals surface area (Å²) in [6.45, 7) is 2.23. The van der Waals surface area contributed by atoms with E-state index in [0.29, 0.717) is 0 Å². The zero-order valence-corrected chi connectivity index (χ0v) is 8.76. The fourth-order valence-electron chi connectivity index (χ4n) is 1.01. The van der Waals surface area contributed by atoms with Gasteiger partial charge in [-0.2, -0.15) is 13.2 Å². The minimum Gasteiger partial charge on any atom is -0.465 e. The first kappa shape index (κ1) is 14.6. The zero-order chi connectivity index (χ0) is 12.9. The van der Waals surface area contributed by atoms with E-state index in [1.54, 1.807) is 0 Å². The number of hydrogen-bond acceptors (Lipinski definition) is 4. The van der Waals surface area contributed by atoms with Gasteiger partial charge in [-0.1, -0.05) is 0 Å². The molecule has 7 heteroatoms. The van der Waals surface area contributed by atoms with Crippen LogP contribution in [0.25, 0.3) is 0 Å². The van der Waals surface area contributed by atoms with Crippen molar-refractivity contribution >= 4 is 17.5 Å². The van der Waals surface area contributed by atoms with Crippen molar-refractivity contribution in [1.82, 2.24) is 0 Å². The van der Waals surface area contributed by atoms with Crippen LogP contribution in [0.2, 0.25) is 0 Å². The summed E-state index contributed by atoms with van der Waals surface area (Å²) in [5.74, 6) is -6.34.